The van der Waals surface area contributed by atoms with Crippen LogP contribution < -0.4 is 11.1 Å². The third kappa shape index (κ3) is 7.63. The van der Waals surface area contributed by atoms with Crippen molar-refractivity contribution in [3.8, 4) is 0 Å². The molecular formula is C35H32N2O7. The van der Waals surface area contributed by atoms with E-state index in [0.29, 0.717) is 34.1 Å². The highest BCUT2D eigenvalue weighted by Crippen LogP contribution is 2.22. The lowest BCUT2D eigenvalue weighted by molar-refractivity contribution is -0.147. The van der Waals surface area contributed by atoms with Gasteiger partial charge in [-0.1, -0.05) is 72.8 Å². The lowest BCUT2D eigenvalue weighted by Crippen LogP contribution is -2.29. The van der Waals surface area contributed by atoms with Gasteiger partial charge >= 0.3 is 5.97 Å². The number of Topliss-reactive ketones (excluding diaryl/α,β-unsaturated/α-hetero) is 1. The summed E-state index contributed by atoms with van der Waals surface area (Å²) in [6.45, 7) is 0.313. The zero-order valence-electron chi connectivity index (χ0n) is 24.0. The fourth-order valence-electron chi connectivity index (χ4n) is 4.81. The Morgan fingerprint density at radius 1 is 0.773 bits per heavy atom. The first-order valence-corrected chi connectivity index (χ1v) is 14.2. The maximum absolute atomic E-state index is 13.0. The van der Waals surface area contributed by atoms with Crippen molar-refractivity contribution in [2.75, 3.05) is 6.61 Å². The van der Waals surface area contributed by atoms with Gasteiger partial charge in [-0.3, -0.25) is 19.8 Å². The van der Waals surface area contributed by atoms with E-state index in [1.807, 2.05) is 60.7 Å². The Kier molecular flexibility index (Phi) is 9.91. The standard InChI is InChI=1S/C35H32N2O7/c36-34-27-18-25(14-15-29(27)44-31-13-7-12-26(33(31)34)35(37)40)21-43-32(39)17-16-30(42-20-24-10-5-2-6-11-24)28(38)22-41-19-23-8-3-1-4-9-23/h1-15,18,30,36H,16-17,19-22H2,(H2,37,40). The van der Waals surface area contributed by atoms with Gasteiger partial charge < -0.3 is 24.4 Å². The number of nitrogens with one attached hydrogen (secondary N) is 1. The summed E-state index contributed by atoms with van der Waals surface area (Å²) in [5, 5.41) is 9.57. The molecule has 9 nitrogen and oxygen atoms in total. The molecule has 0 fully saturated rings. The first-order chi connectivity index (χ1) is 21.4. The van der Waals surface area contributed by atoms with Gasteiger partial charge in [0, 0.05) is 11.8 Å². The van der Waals surface area contributed by atoms with Gasteiger partial charge in [-0.15, -0.1) is 0 Å². The predicted octanol–water partition coefficient (Wildman–Crippen LogP) is 5.36. The van der Waals surface area contributed by atoms with Crippen molar-refractivity contribution >= 4 is 39.6 Å². The summed E-state index contributed by atoms with van der Waals surface area (Å²) < 4.78 is 22.9. The molecule has 0 saturated carbocycles. The van der Waals surface area contributed by atoms with Crippen LogP contribution in [0.4, 0.5) is 0 Å². The number of amides is 1. The van der Waals surface area contributed by atoms with Crippen LogP contribution in [0, 0.1) is 5.41 Å². The first kappa shape index (κ1) is 30.3. The third-order valence-corrected chi connectivity index (χ3v) is 7.09. The van der Waals surface area contributed by atoms with Crippen molar-refractivity contribution < 1.29 is 33.0 Å². The van der Waals surface area contributed by atoms with Crippen LogP contribution in [-0.4, -0.2) is 30.4 Å². The van der Waals surface area contributed by atoms with Gasteiger partial charge in [-0.25, -0.2) is 0 Å². The van der Waals surface area contributed by atoms with E-state index in [4.69, 9.17) is 29.8 Å². The molecule has 4 aromatic carbocycles. The van der Waals surface area contributed by atoms with E-state index >= 15 is 0 Å². The van der Waals surface area contributed by atoms with Gasteiger partial charge in [0.1, 0.15) is 30.5 Å². The number of benzene rings is 4. The molecule has 0 bridgehead atoms. The first-order valence-electron chi connectivity index (χ1n) is 14.2. The van der Waals surface area contributed by atoms with Crippen LogP contribution in [0.3, 0.4) is 0 Å². The van der Waals surface area contributed by atoms with Crippen molar-refractivity contribution in [1.29, 1.82) is 5.41 Å². The van der Waals surface area contributed by atoms with Crippen molar-refractivity contribution in [1.82, 2.24) is 0 Å². The van der Waals surface area contributed by atoms with E-state index in [-0.39, 0.29) is 49.4 Å². The number of fused-ring (bicyclic) bond motifs is 2. The minimum atomic E-state index is -0.848. The summed E-state index contributed by atoms with van der Waals surface area (Å²) in [5.41, 5.74) is 9.02. The molecular weight excluding hydrogens is 560 g/mol. The molecule has 1 aromatic heterocycles. The second-order valence-electron chi connectivity index (χ2n) is 10.3. The maximum Gasteiger partial charge on any atom is 0.306 e. The minimum Gasteiger partial charge on any atom is -0.461 e. The van der Waals surface area contributed by atoms with E-state index in [9.17, 15) is 14.4 Å². The van der Waals surface area contributed by atoms with Gasteiger partial charge in [0.25, 0.3) is 0 Å². The second kappa shape index (κ2) is 14.4. The third-order valence-electron chi connectivity index (χ3n) is 7.09. The molecule has 1 unspecified atom stereocenters. The molecule has 9 heteroatoms. The molecule has 224 valence electrons. The molecule has 1 heterocycles. The molecule has 0 aliphatic carbocycles. The fourth-order valence-corrected chi connectivity index (χ4v) is 4.81. The average molecular weight is 593 g/mol. The highest BCUT2D eigenvalue weighted by Gasteiger charge is 2.22. The molecule has 0 radical (unpaired) electrons. The van der Waals surface area contributed by atoms with Crippen molar-refractivity contribution in [3.05, 3.63) is 125 Å². The molecule has 5 rings (SSSR count). The number of hydrogen-bond donors (Lipinski definition) is 2. The predicted molar refractivity (Wildman–Crippen MR) is 163 cm³/mol. The highest BCUT2D eigenvalue weighted by atomic mass is 16.5. The van der Waals surface area contributed by atoms with Crippen LogP contribution in [0.25, 0.3) is 21.9 Å². The molecule has 0 aliphatic heterocycles. The molecule has 3 N–H and O–H groups in total. The fraction of sp³-hybridized carbons (Fsp3) is 0.200. The molecule has 44 heavy (non-hydrogen) atoms. The van der Waals surface area contributed by atoms with Crippen LogP contribution in [0.15, 0.2) is 101 Å². The Morgan fingerprint density at radius 2 is 1.48 bits per heavy atom. The Hall–Kier alpha value is -5.12. The second-order valence-corrected chi connectivity index (χ2v) is 10.3. The summed E-state index contributed by atoms with van der Waals surface area (Å²) >= 11 is 0. The van der Waals surface area contributed by atoms with Gasteiger partial charge in [-0.2, -0.15) is 0 Å². The number of nitrogens with two attached hydrogens (primary N) is 1. The average Bonchev–Trinajstić information content (AvgIpc) is 3.04. The van der Waals surface area contributed by atoms with Crippen LogP contribution in [0.2, 0.25) is 0 Å². The van der Waals surface area contributed by atoms with E-state index in [2.05, 4.69) is 0 Å². The molecule has 0 saturated heterocycles. The number of ketones is 1. The SMILES string of the molecule is N=c1c2cc(COC(=O)CCC(OCc3ccccc3)C(=O)COCc3ccccc3)ccc2oc2cccc(C(N)=O)c12. The summed E-state index contributed by atoms with van der Waals surface area (Å²) in [4.78, 5) is 37.6. The number of esters is 1. The topological polar surface area (TPSA) is 142 Å². The zero-order chi connectivity index (χ0) is 30.9. The minimum absolute atomic E-state index is 0.0386. The van der Waals surface area contributed by atoms with Gasteiger partial charge in [-0.05, 0) is 47.4 Å². The Morgan fingerprint density at radius 3 is 2.18 bits per heavy atom. The largest absolute Gasteiger partial charge is 0.461 e. The van der Waals surface area contributed by atoms with E-state index in [1.165, 1.54) is 0 Å². The van der Waals surface area contributed by atoms with Crippen LogP contribution in [0.5, 0.6) is 0 Å². The summed E-state index contributed by atoms with van der Waals surface area (Å²) in [7, 11) is 0. The van der Waals surface area contributed by atoms with E-state index in [1.54, 1.807) is 36.4 Å². The van der Waals surface area contributed by atoms with Crippen LogP contribution in [-0.2, 0) is 43.6 Å². The van der Waals surface area contributed by atoms with Crippen molar-refractivity contribution in [3.63, 3.8) is 0 Å². The van der Waals surface area contributed by atoms with E-state index < -0.39 is 18.0 Å². The number of hydrogen-bond acceptors (Lipinski definition) is 8. The maximum atomic E-state index is 13.0. The smallest absolute Gasteiger partial charge is 0.306 e. The Bertz CT molecular complexity index is 1840. The van der Waals surface area contributed by atoms with Gasteiger partial charge in [0.05, 0.1) is 29.5 Å². The molecule has 1 amide bonds. The molecule has 1 atom stereocenters. The lowest BCUT2D eigenvalue weighted by Gasteiger charge is -2.17. The van der Waals surface area contributed by atoms with E-state index in [0.717, 1.165) is 11.1 Å². The molecule has 5 aromatic rings. The van der Waals surface area contributed by atoms with Gasteiger partial charge in [0.15, 0.2) is 5.78 Å². The molecule has 0 spiro atoms. The number of carbonyl (C=O) groups is 3. The summed E-state index contributed by atoms with van der Waals surface area (Å²) in [6.07, 6.45) is -0.753. The highest BCUT2D eigenvalue weighted by molar-refractivity contribution is 6.06. The monoisotopic (exact) mass is 592 g/mol. The van der Waals surface area contributed by atoms with Crippen molar-refractivity contribution in [2.45, 2.75) is 38.8 Å². The number of carbonyl (C=O) groups excluding carboxylic acids is 3. The van der Waals surface area contributed by atoms with Gasteiger partial charge in [0.2, 0.25) is 5.91 Å². The number of ether oxygens (including phenoxy) is 3. The molecule has 0 aliphatic rings. The zero-order valence-corrected chi connectivity index (χ0v) is 24.0. The summed E-state index contributed by atoms with van der Waals surface area (Å²) in [6, 6.07) is 29.0. The lowest BCUT2D eigenvalue weighted by atomic mass is 10.0. The quantitative estimate of drug-likeness (QED) is 0.131. The Balaban J connectivity index is 1.21. The normalized spacial score (nSPS) is 11.8. The number of primary amides is 1. The summed E-state index contributed by atoms with van der Waals surface area (Å²) in [5.74, 6) is -1.41. The number of rotatable bonds is 14. The van der Waals surface area contributed by atoms with Crippen LogP contribution in [0.1, 0.15) is 39.9 Å². The van der Waals surface area contributed by atoms with Crippen molar-refractivity contribution in [2.24, 2.45) is 5.73 Å². The van der Waals surface area contributed by atoms with Crippen LogP contribution >= 0.6 is 0 Å². The Labute approximate surface area is 253 Å².